The quantitative estimate of drug-likeness (QED) is 0.0625. The largest absolute Gasteiger partial charge is 0.469 e. The summed E-state index contributed by atoms with van der Waals surface area (Å²) < 4.78 is 10.4. The van der Waals surface area contributed by atoms with Crippen LogP contribution in [0.4, 0.5) is 4.79 Å². The number of esters is 1. The van der Waals surface area contributed by atoms with Crippen molar-refractivity contribution in [3.8, 4) is 0 Å². The molecule has 0 aliphatic carbocycles. The van der Waals surface area contributed by atoms with Crippen LogP contribution >= 0.6 is 0 Å². The standard InChI is InChI=1S/C53H66N6O9/c1-53(2,3)68-52(66)58-42(29-38-20-11-6-12-21-38)33-47(61)55-43(30-39-22-13-7-14-23-39)34-49(63)59-27-17-26-45(59)51(65)54-36-48(62)57-41(28-37-18-9-5-10-19-37)32-46(60)56-44(35-50(64)67-4)31-40-24-15-8-16-25-40/h5-16,18-25,41-45H,17,26-36H2,1-4H3,(H,54,65)(H,55,61)(H,56,60)(H,57,62)(H,58,66). The van der Waals surface area contributed by atoms with E-state index in [4.69, 9.17) is 9.47 Å². The van der Waals surface area contributed by atoms with Crippen LogP contribution in [0.2, 0.25) is 0 Å². The molecule has 5 unspecified atom stereocenters. The van der Waals surface area contributed by atoms with Gasteiger partial charge in [-0.3, -0.25) is 28.8 Å². The van der Waals surface area contributed by atoms with E-state index < -0.39 is 66.2 Å². The highest BCUT2D eigenvalue weighted by Crippen LogP contribution is 2.21. The Morgan fingerprint density at radius 3 is 1.38 bits per heavy atom. The van der Waals surface area contributed by atoms with Crippen molar-refractivity contribution in [3.05, 3.63) is 144 Å². The number of carbonyl (C=O) groups excluding carboxylic acids is 7. The molecule has 5 atom stereocenters. The minimum Gasteiger partial charge on any atom is -0.469 e. The first-order chi connectivity index (χ1) is 32.6. The van der Waals surface area contributed by atoms with E-state index in [1.165, 1.54) is 12.0 Å². The third-order valence-corrected chi connectivity index (χ3v) is 11.3. The number of carbonyl (C=O) groups is 7. The first-order valence-electron chi connectivity index (χ1n) is 23.3. The lowest BCUT2D eigenvalue weighted by molar-refractivity contribution is -0.141. The molecule has 1 aliphatic heterocycles. The maximum atomic E-state index is 14.1. The van der Waals surface area contributed by atoms with Crippen LogP contribution < -0.4 is 26.6 Å². The smallest absolute Gasteiger partial charge is 0.407 e. The summed E-state index contributed by atoms with van der Waals surface area (Å²) in [5, 5.41) is 14.5. The summed E-state index contributed by atoms with van der Waals surface area (Å²) in [5.74, 6) is -2.54. The SMILES string of the molecule is COC(=O)CC(Cc1ccccc1)NC(=O)CC(Cc1ccccc1)NC(=O)CNC(=O)C1CCCN1C(=O)CC(Cc1ccccc1)NC(=O)CC(Cc1ccccc1)NC(=O)OC(C)(C)C. The lowest BCUT2D eigenvalue weighted by Gasteiger charge is -2.27. The molecule has 15 nitrogen and oxygen atoms in total. The summed E-state index contributed by atoms with van der Waals surface area (Å²) in [5.41, 5.74) is 2.90. The molecular formula is C53H66N6O9. The molecule has 0 radical (unpaired) electrons. The highest BCUT2D eigenvalue weighted by atomic mass is 16.6. The van der Waals surface area contributed by atoms with Crippen molar-refractivity contribution in [3.63, 3.8) is 0 Å². The highest BCUT2D eigenvalue weighted by molar-refractivity contribution is 5.91. The highest BCUT2D eigenvalue weighted by Gasteiger charge is 2.35. The fourth-order valence-corrected chi connectivity index (χ4v) is 8.30. The van der Waals surface area contributed by atoms with Crippen LogP contribution in [-0.2, 0) is 63.9 Å². The maximum absolute atomic E-state index is 14.1. The van der Waals surface area contributed by atoms with Crippen molar-refractivity contribution >= 4 is 41.6 Å². The van der Waals surface area contributed by atoms with Crippen molar-refractivity contribution in [1.82, 2.24) is 31.5 Å². The Balaban J connectivity index is 1.20. The Bertz CT molecular complexity index is 2260. The van der Waals surface area contributed by atoms with Crippen molar-refractivity contribution in [2.75, 3.05) is 20.2 Å². The van der Waals surface area contributed by atoms with Crippen molar-refractivity contribution < 1.29 is 43.0 Å². The number of likely N-dealkylation sites (tertiary alicyclic amines) is 1. The van der Waals surface area contributed by atoms with E-state index in [-0.39, 0.29) is 43.4 Å². The summed E-state index contributed by atoms with van der Waals surface area (Å²) in [6, 6.07) is 34.5. The maximum Gasteiger partial charge on any atom is 0.407 e. The average molecular weight is 931 g/mol. The third kappa shape index (κ3) is 18.7. The average Bonchev–Trinajstić information content (AvgIpc) is 3.79. The summed E-state index contributed by atoms with van der Waals surface area (Å²) >= 11 is 0. The minimum absolute atomic E-state index is 0.0351. The molecule has 1 aliphatic rings. The molecule has 0 bridgehead atoms. The van der Waals surface area contributed by atoms with Gasteiger partial charge in [0.05, 0.1) is 20.1 Å². The molecular weight excluding hydrogens is 865 g/mol. The van der Waals surface area contributed by atoms with E-state index in [0.717, 1.165) is 22.3 Å². The Morgan fingerprint density at radius 2 is 0.956 bits per heavy atom. The summed E-state index contributed by atoms with van der Waals surface area (Å²) in [6.45, 7) is 5.21. The van der Waals surface area contributed by atoms with Gasteiger partial charge in [0.25, 0.3) is 0 Å². The van der Waals surface area contributed by atoms with Gasteiger partial charge in [-0.05, 0) is 81.5 Å². The zero-order valence-corrected chi connectivity index (χ0v) is 39.5. The number of alkyl carbamates (subject to hydrolysis) is 1. The van der Waals surface area contributed by atoms with E-state index in [1.807, 2.05) is 121 Å². The molecule has 15 heteroatoms. The van der Waals surface area contributed by atoms with E-state index in [9.17, 15) is 33.6 Å². The van der Waals surface area contributed by atoms with Gasteiger partial charge >= 0.3 is 12.1 Å². The fraction of sp³-hybridized carbons (Fsp3) is 0.415. The third-order valence-electron chi connectivity index (χ3n) is 11.3. The second-order valence-corrected chi connectivity index (χ2v) is 18.3. The zero-order valence-electron chi connectivity index (χ0n) is 39.5. The molecule has 0 spiro atoms. The molecule has 5 rings (SSSR count). The molecule has 1 fully saturated rings. The zero-order chi connectivity index (χ0) is 48.9. The number of ether oxygens (including phenoxy) is 2. The number of nitrogens with zero attached hydrogens (tertiary/aromatic N) is 1. The van der Waals surface area contributed by atoms with Crippen LogP contribution in [0.15, 0.2) is 121 Å². The second-order valence-electron chi connectivity index (χ2n) is 18.3. The topological polar surface area (TPSA) is 201 Å². The Hall–Kier alpha value is -7.03. The van der Waals surface area contributed by atoms with Crippen LogP contribution in [0, 0.1) is 0 Å². The van der Waals surface area contributed by atoms with Gasteiger partial charge in [-0.15, -0.1) is 0 Å². The van der Waals surface area contributed by atoms with Crippen LogP contribution in [0.3, 0.4) is 0 Å². The normalized spacial score (nSPS) is 15.1. The molecule has 5 N–H and O–H groups in total. The number of methoxy groups -OCH3 is 1. The molecule has 6 amide bonds. The van der Waals surface area contributed by atoms with Gasteiger partial charge in [0.2, 0.25) is 29.5 Å². The van der Waals surface area contributed by atoms with E-state index in [2.05, 4.69) is 26.6 Å². The number of hydrogen-bond acceptors (Lipinski definition) is 9. The number of nitrogens with one attached hydrogen (secondary N) is 5. The van der Waals surface area contributed by atoms with Gasteiger partial charge in [-0.25, -0.2) is 4.79 Å². The number of amides is 6. The molecule has 68 heavy (non-hydrogen) atoms. The van der Waals surface area contributed by atoms with Crippen molar-refractivity contribution in [2.24, 2.45) is 0 Å². The van der Waals surface area contributed by atoms with Crippen molar-refractivity contribution in [2.45, 2.75) is 121 Å². The van der Waals surface area contributed by atoms with Gasteiger partial charge in [0.15, 0.2) is 0 Å². The van der Waals surface area contributed by atoms with Gasteiger partial charge in [0.1, 0.15) is 11.6 Å². The lowest BCUT2D eigenvalue weighted by atomic mass is 10.00. The lowest BCUT2D eigenvalue weighted by Crippen LogP contribution is -2.51. The predicted octanol–water partition coefficient (Wildman–Crippen LogP) is 5.15. The first kappa shape index (κ1) is 51.9. The Morgan fingerprint density at radius 1 is 0.559 bits per heavy atom. The second kappa shape index (κ2) is 26.3. The van der Waals surface area contributed by atoms with Crippen molar-refractivity contribution in [1.29, 1.82) is 0 Å². The van der Waals surface area contributed by atoms with Crippen LogP contribution in [0.25, 0.3) is 0 Å². The minimum atomic E-state index is -0.834. The van der Waals surface area contributed by atoms with Gasteiger partial charge < -0.3 is 41.0 Å². The van der Waals surface area contributed by atoms with Crippen LogP contribution in [0.1, 0.15) is 81.5 Å². The summed E-state index contributed by atoms with van der Waals surface area (Å²) in [4.78, 5) is 95.1. The monoisotopic (exact) mass is 930 g/mol. The Labute approximate surface area is 399 Å². The Kier molecular flexibility index (Phi) is 20.1. The van der Waals surface area contributed by atoms with Gasteiger partial charge in [-0.1, -0.05) is 121 Å². The molecule has 4 aromatic carbocycles. The molecule has 0 saturated carbocycles. The molecule has 1 heterocycles. The molecule has 0 aromatic heterocycles. The van der Waals surface area contributed by atoms with Gasteiger partial charge in [-0.2, -0.15) is 0 Å². The first-order valence-corrected chi connectivity index (χ1v) is 23.3. The molecule has 4 aromatic rings. The van der Waals surface area contributed by atoms with E-state index in [0.29, 0.717) is 45.1 Å². The van der Waals surface area contributed by atoms with Crippen LogP contribution in [0.5, 0.6) is 0 Å². The van der Waals surface area contributed by atoms with Crippen LogP contribution in [-0.4, -0.2) is 103 Å². The number of benzene rings is 4. The fourth-order valence-electron chi connectivity index (χ4n) is 8.30. The summed E-state index contributed by atoms with van der Waals surface area (Å²) in [7, 11) is 1.29. The predicted molar refractivity (Wildman–Crippen MR) is 258 cm³/mol. The molecule has 362 valence electrons. The van der Waals surface area contributed by atoms with E-state index >= 15 is 0 Å². The number of hydrogen-bond donors (Lipinski definition) is 5. The number of rotatable bonds is 23. The van der Waals surface area contributed by atoms with Gasteiger partial charge in [0, 0.05) is 50.0 Å². The van der Waals surface area contributed by atoms with E-state index in [1.54, 1.807) is 20.8 Å². The molecule has 1 saturated heterocycles. The summed E-state index contributed by atoms with van der Waals surface area (Å²) in [6.07, 6.45) is 1.45.